The molecule has 34 heavy (non-hydrogen) atoms. The van der Waals surface area contributed by atoms with Gasteiger partial charge >= 0.3 is 5.97 Å². The van der Waals surface area contributed by atoms with E-state index in [1.165, 1.54) is 36.3 Å². The first-order valence-electron chi connectivity index (χ1n) is 10.7. The smallest absolute Gasteiger partial charge is 0.338 e. The predicted molar refractivity (Wildman–Crippen MR) is 121 cm³/mol. The number of amides is 2. The second-order valence-electron chi connectivity index (χ2n) is 7.44. The van der Waals surface area contributed by atoms with Crippen molar-refractivity contribution in [1.82, 2.24) is 4.90 Å². The Morgan fingerprint density at radius 2 is 1.88 bits per heavy atom. The number of methoxy groups -OCH3 is 1. The summed E-state index contributed by atoms with van der Waals surface area (Å²) in [5.74, 6) is -1.46. The number of rotatable bonds is 10. The Hall–Kier alpha value is -3.76. The number of ketones is 1. The molecule has 0 aromatic heterocycles. The lowest BCUT2D eigenvalue weighted by Crippen LogP contribution is -2.49. The van der Waals surface area contributed by atoms with Gasteiger partial charge in [0.1, 0.15) is 11.9 Å². The summed E-state index contributed by atoms with van der Waals surface area (Å²) in [6.45, 7) is 0.260. The number of ether oxygens (including phenoxy) is 3. The van der Waals surface area contributed by atoms with Crippen LogP contribution in [-0.4, -0.2) is 79.7 Å². The number of nitrogens with zero attached hydrogens (tertiary/aromatic N) is 1. The normalized spacial score (nSPS) is 15.5. The number of nitrogens with one attached hydrogen (secondary N) is 1. The number of carbonyl (C=O) groups is 4. The summed E-state index contributed by atoms with van der Waals surface area (Å²) in [5.41, 5.74) is 0.939. The predicted octanol–water partition coefficient (Wildman–Crippen LogP) is 1.28. The molecule has 180 valence electrons. The van der Waals surface area contributed by atoms with E-state index in [1.54, 1.807) is 24.3 Å². The monoisotopic (exact) mass is 470 g/mol. The topological polar surface area (TPSA) is 131 Å². The van der Waals surface area contributed by atoms with Crippen molar-refractivity contribution in [2.24, 2.45) is 0 Å². The molecule has 1 aliphatic heterocycles. The molecule has 0 saturated carbocycles. The number of aliphatic hydroxyl groups excluding tert-OH is 1. The zero-order chi connectivity index (χ0) is 24.5. The summed E-state index contributed by atoms with van der Waals surface area (Å²) >= 11 is 0. The van der Waals surface area contributed by atoms with Crippen LogP contribution in [0.3, 0.4) is 0 Å². The molecule has 10 heteroatoms. The van der Waals surface area contributed by atoms with E-state index in [1.807, 2.05) is 0 Å². The van der Waals surface area contributed by atoms with E-state index >= 15 is 0 Å². The number of carbonyl (C=O) groups excluding carboxylic acids is 4. The molecule has 2 aromatic carbocycles. The van der Waals surface area contributed by atoms with Gasteiger partial charge in [-0.25, -0.2) is 4.79 Å². The largest absolute Gasteiger partial charge is 0.496 e. The Morgan fingerprint density at radius 3 is 2.59 bits per heavy atom. The summed E-state index contributed by atoms with van der Waals surface area (Å²) in [7, 11) is 1.45. The number of benzene rings is 2. The highest BCUT2D eigenvalue weighted by molar-refractivity contribution is 6.01. The van der Waals surface area contributed by atoms with E-state index in [4.69, 9.17) is 19.3 Å². The molecule has 3 rings (SSSR count). The van der Waals surface area contributed by atoms with Crippen LogP contribution in [0.5, 0.6) is 5.75 Å². The van der Waals surface area contributed by atoms with Crippen molar-refractivity contribution in [1.29, 1.82) is 0 Å². The van der Waals surface area contributed by atoms with Crippen molar-refractivity contribution in [3.05, 3.63) is 59.7 Å². The van der Waals surface area contributed by atoms with Gasteiger partial charge in [0.2, 0.25) is 11.7 Å². The van der Waals surface area contributed by atoms with Gasteiger partial charge in [0.15, 0.2) is 6.61 Å². The van der Waals surface area contributed by atoms with Crippen molar-refractivity contribution in [2.75, 3.05) is 45.3 Å². The highest BCUT2D eigenvalue weighted by atomic mass is 16.5. The minimum Gasteiger partial charge on any atom is -0.496 e. The minimum absolute atomic E-state index is 0.159. The molecule has 0 spiro atoms. The molecule has 1 fully saturated rings. The van der Waals surface area contributed by atoms with E-state index in [0.717, 1.165) is 0 Å². The quantitative estimate of drug-likeness (QED) is 0.392. The number of morpholine rings is 1. The van der Waals surface area contributed by atoms with Gasteiger partial charge in [0.25, 0.3) is 5.91 Å². The van der Waals surface area contributed by atoms with Crippen molar-refractivity contribution >= 4 is 29.3 Å². The average molecular weight is 470 g/mol. The van der Waals surface area contributed by atoms with E-state index < -0.39 is 30.4 Å². The first-order chi connectivity index (χ1) is 16.4. The number of hydrogen-bond acceptors (Lipinski definition) is 8. The molecule has 1 aliphatic rings. The molecule has 2 amide bonds. The SMILES string of the molecule is COc1ccccc1C(=O)COC(=O)c1ccc(NC(=O)CC2OCCN(CCO)C2=O)cc1. The third-order valence-electron chi connectivity index (χ3n) is 5.15. The van der Waals surface area contributed by atoms with Gasteiger partial charge in [0.05, 0.1) is 37.9 Å². The Bertz CT molecular complexity index is 1040. The zero-order valence-corrected chi connectivity index (χ0v) is 18.7. The van der Waals surface area contributed by atoms with Crippen LogP contribution in [0.25, 0.3) is 0 Å². The second kappa shape index (κ2) is 11.9. The number of Topliss-reactive ketones (excluding diaryl/α,β-unsaturated/α-hetero) is 1. The molecule has 1 unspecified atom stereocenters. The maximum atomic E-state index is 12.3. The van der Waals surface area contributed by atoms with Crippen LogP contribution in [0.4, 0.5) is 5.69 Å². The maximum Gasteiger partial charge on any atom is 0.338 e. The lowest BCUT2D eigenvalue weighted by atomic mass is 10.1. The van der Waals surface area contributed by atoms with Crippen molar-refractivity contribution in [3.63, 3.8) is 0 Å². The molecule has 10 nitrogen and oxygen atoms in total. The average Bonchev–Trinajstić information content (AvgIpc) is 2.85. The highest BCUT2D eigenvalue weighted by Gasteiger charge is 2.31. The second-order valence-corrected chi connectivity index (χ2v) is 7.44. The van der Waals surface area contributed by atoms with E-state index in [9.17, 15) is 19.2 Å². The molecule has 2 aromatic rings. The van der Waals surface area contributed by atoms with Gasteiger partial charge in [-0.15, -0.1) is 0 Å². The molecular weight excluding hydrogens is 444 g/mol. The lowest BCUT2D eigenvalue weighted by molar-refractivity contribution is -0.155. The molecular formula is C24H26N2O8. The van der Waals surface area contributed by atoms with Gasteiger partial charge in [0, 0.05) is 18.8 Å². The Labute approximate surface area is 196 Å². The number of para-hydroxylation sites is 1. The fourth-order valence-corrected chi connectivity index (χ4v) is 3.42. The number of anilines is 1. The van der Waals surface area contributed by atoms with Crippen LogP contribution in [-0.2, 0) is 19.1 Å². The third-order valence-corrected chi connectivity index (χ3v) is 5.15. The van der Waals surface area contributed by atoms with Crippen molar-refractivity contribution in [2.45, 2.75) is 12.5 Å². The summed E-state index contributed by atoms with van der Waals surface area (Å²) in [5, 5.41) is 11.7. The molecule has 0 aliphatic carbocycles. The number of esters is 1. The molecule has 0 bridgehead atoms. The summed E-state index contributed by atoms with van der Waals surface area (Å²) in [6, 6.07) is 12.6. The zero-order valence-electron chi connectivity index (χ0n) is 18.7. The fraction of sp³-hybridized carbons (Fsp3) is 0.333. The summed E-state index contributed by atoms with van der Waals surface area (Å²) < 4.78 is 15.6. The lowest BCUT2D eigenvalue weighted by Gasteiger charge is -2.31. The van der Waals surface area contributed by atoms with Crippen LogP contribution >= 0.6 is 0 Å². The van der Waals surface area contributed by atoms with Gasteiger partial charge in [-0.05, 0) is 36.4 Å². The van der Waals surface area contributed by atoms with Gasteiger partial charge in [-0.1, -0.05) is 12.1 Å². The first kappa shape index (κ1) is 24.9. The van der Waals surface area contributed by atoms with Crippen LogP contribution in [0.1, 0.15) is 27.1 Å². The number of β-amino-alcohol motifs (C(OH)–C–C–N with tert-alkyl or cyclic N) is 1. The first-order valence-corrected chi connectivity index (χ1v) is 10.7. The van der Waals surface area contributed by atoms with Gasteiger partial charge in [-0.3, -0.25) is 14.4 Å². The summed E-state index contributed by atoms with van der Waals surface area (Å²) in [4.78, 5) is 50.7. The molecule has 1 atom stereocenters. The minimum atomic E-state index is -0.907. The molecule has 1 heterocycles. The number of aliphatic hydroxyl groups is 1. The van der Waals surface area contributed by atoms with Crippen LogP contribution in [0.2, 0.25) is 0 Å². The maximum absolute atomic E-state index is 12.3. The van der Waals surface area contributed by atoms with Crippen LogP contribution < -0.4 is 10.1 Å². The van der Waals surface area contributed by atoms with E-state index in [-0.39, 0.29) is 31.0 Å². The standard InChI is InChI=1S/C24H26N2O8/c1-32-20-5-3-2-4-18(20)19(28)15-34-24(31)16-6-8-17(9-7-16)25-22(29)14-21-23(30)26(10-12-27)11-13-33-21/h2-9,21,27H,10-15H2,1H3,(H,25,29). The fourth-order valence-electron chi connectivity index (χ4n) is 3.42. The Kier molecular flexibility index (Phi) is 8.72. The molecule has 2 N–H and O–H groups in total. The third kappa shape index (κ3) is 6.40. The van der Waals surface area contributed by atoms with Crippen molar-refractivity contribution in [3.8, 4) is 5.75 Å². The van der Waals surface area contributed by atoms with Gasteiger partial charge in [-0.2, -0.15) is 0 Å². The van der Waals surface area contributed by atoms with Crippen LogP contribution in [0, 0.1) is 0 Å². The van der Waals surface area contributed by atoms with Crippen LogP contribution in [0.15, 0.2) is 48.5 Å². The molecule has 1 saturated heterocycles. The number of hydrogen-bond donors (Lipinski definition) is 2. The van der Waals surface area contributed by atoms with Gasteiger partial charge < -0.3 is 29.5 Å². The molecule has 0 radical (unpaired) electrons. The van der Waals surface area contributed by atoms with Crippen molar-refractivity contribution < 1.29 is 38.5 Å². The summed E-state index contributed by atoms with van der Waals surface area (Å²) in [6.07, 6.45) is -1.08. The van der Waals surface area contributed by atoms with E-state index in [0.29, 0.717) is 30.2 Å². The highest BCUT2D eigenvalue weighted by Crippen LogP contribution is 2.18. The van der Waals surface area contributed by atoms with E-state index in [2.05, 4.69) is 5.32 Å². The Morgan fingerprint density at radius 1 is 1.15 bits per heavy atom. The Balaban J connectivity index is 1.50.